The summed E-state index contributed by atoms with van der Waals surface area (Å²) in [7, 11) is 0. The predicted octanol–water partition coefficient (Wildman–Crippen LogP) is 9.95. The minimum absolute atomic E-state index is 0.597. The molecule has 0 saturated heterocycles. The number of benzene rings is 7. The fourth-order valence-corrected chi connectivity index (χ4v) is 6.47. The van der Waals surface area contributed by atoms with E-state index in [1.54, 1.807) is 0 Å². The highest BCUT2D eigenvalue weighted by Crippen LogP contribution is 2.39. The van der Waals surface area contributed by atoms with Gasteiger partial charge in [0.25, 0.3) is 0 Å². The Balaban J connectivity index is 1.33. The number of aromatic nitrogens is 2. The molecule has 8 rings (SSSR count). The maximum Gasteiger partial charge on any atom is 0.321 e. The molecule has 234 valence electrons. The van der Waals surface area contributed by atoms with Gasteiger partial charge in [-0.2, -0.15) is 0 Å². The second-order valence-corrected chi connectivity index (χ2v) is 11.8. The molecule has 5 heteroatoms. The molecule has 0 spiro atoms. The Bertz CT molecular complexity index is 2460. The van der Waals surface area contributed by atoms with E-state index < -0.39 is 11.1 Å². The number of para-hydroxylation sites is 3. The zero-order valence-corrected chi connectivity index (χ0v) is 26.6. The van der Waals surface area contributed by atoms with E-state index >= 15 is 0 Å². The Morgan fingerprint density at radius 2 is 0.694 bits per heavy atom. The lowest BCUT2D eigenvalue weighted by Gasteiger charge is -2.27. The molecule has 0 bridgehead atoms. The normalized spacial score (nSPS) is 11.0. The molecule has 8 aromatic rings. The molecular weight excluding hydrogens is 603 g/mol. The van der Waals surface area contributed by atoms with Gasteiger partial charge >= 0.3 is 11.1 Å². The second-order valence-electron chi connectivity index (χ2n) is 11.8. The van der Waals surface area contributed by atoms with Crippen molar-refractivity contribution in [3.63, 3.8) is 0 Å². The molecule has 0 aliphatic heterocycles. The van der Waals surface area contributed by atoms with E-state index in [2.05, 4.69) is 77.7 Å². The van der Waals surface area contributed by atoms with Crippen LogP contribution in [0, 0.1) is 0 Å². The van der Waals surface area contributed by atoms with Crippen LogP contribution in [-0.2, 0) is 0 Å². The Hall–Kier alpha value is -6.72. The molecular formula is C44H31N3O2. The van der Waals surface area contributed by atoms with Crippen molar-refractivity contribution in [1.82, 2.24) is 9.13 Å². The van der Waals surface area contributed by atoms with Gasteiger partial charge in [-0.25, -0.2) is 0 Å². The lowest BCUT2D eigenvalue weighted by atomic mass is 10.0. The average molecular weight is 634 g/mol. The summed E-state index contributed by atoms with van der Waals surface area (Å²) in [6, 6.07) is 62.2. The average Bonchev–Trinajstić information content (AvgIpc) is 3.17. The molecule has 0 fully saturated rings. The van der Waals surface area contributed by atoms with Crippen molar-refractivity contribution in [2.45, 2.75) is 0 Å². The number of anilines is 3. The summed E-state index contributed by atoms with van der Waals surface area (Å²) in [5.74, 6) is 0. The van der Waals surface area contributed by atoms with E-state index in [1.165, 1.54) is 9.13 Å². The van der Waals surface area contributed by atoms with Crippen molar-refractivity contribution in [2.24, 2.45) is 0 Å². The first-order valence-corrected chi connectivity index (χ1v) is 16.2. The Labute approximate surface area is 283 Å². The van der Waals surface area contributed by atoms with Gasteiger partial charge in [-0.1, -0.05) is 121 Å². The minimum atomic E-state index is -0.622. The fourth-order valence-electron chi connectivity index (χ4n) is 6.47. The number of hydrogen-bond acceptors (Lipinski definition) is 3. The topological polar surface area (TPSA) is 47.2 Å². The highest BCUT2D eigenvalue weighted by molar-refractivity contribution is 5.84. The summed E-state index contributed by atoms with van der Waals surface area (Å²) in [4.78, 5) is 30.0. The number of hydrogen-bond donors (Lipinski definition) is 0. The van der Waals surface area contributed by atoms with Gasteiger partial charge in [-0.05, 0) is 89.0 Å². The molecule has 0 radical (unpaired) electrons. The SMILES string of the molecule is O=c1c(=O)n(-c2cccc(N(c3cccc(-c4ccccc4)c3)c3cccc(-c4ccccc4)c3)c2)c2ccccc2n1-c1ccccc1. The van der Waals surface area contributed by atoms with Gasteiger partial charge in [0, 0.05) is 22.7 Å². The molecule has 0 saturated carbocycles. The molecule has 1 aromatic heterocycles. The third-order valence-electron chi connectivity index (χ3n) is 8.74. The van der Waals surface area contributed by atoms with E-state index in [0.29, 0.717) is 22.4 Å². The first kappa shape index (κ1) is 29.7. The highest BCUT2D eigenvalue weighted by atomic mass is 16.2. The van der Waals surface area contributed by atoms with Gasteiger partial charge in [0.2, 0.25) is 0 Å². The number of fused-ring (bicyclic) bond motifs is 1. The molecule has 1 heterocycles. The molecule has 0 atom stereocenters. The van der Waals surface area contributed by atoms with E-state index in [1.807, 2.05) is 115 Å². The molecule has 5 nitrogen and oxygen atoms in total. The second kappa shape index (κ2) is 12.8. The minimum Gasteiger partial charge on any atom is -0.310 e. The fraction of sp³-hybridized carbons (Fsp3) is 0. The van der Waals surface area contributed by atoms with Gasteiger partial charge < -0.3 is 4.90 Å². The van der Waals surface area contributed by atoms with Crippen LogP contribution in [0.3, 0.4) is 0 Å². The zero-order valence-electron chi connectivity index (χ0n) is 26.6. The molecule has 0 unspecified atom stereocenters. The van der Waals surface area contributed by atoms with Crippen LogP contribution in [0.15, 0.2) is 198 Å². The van der Waals surface area contributed by atoms with E-state index in [0.717, 1.165) is 39.3 Å². The largest absolute Gasteiger partial charge is 0.321 e. The van der Waals surface area contributed by atoms with Crippen LogP contribution in [0.4, 0.5) is 17.1 Å². The third-order valence-corrected chi connectivity index (χ3v) is 8.74. The number of rotatable bonds is 7. The smallest absolute Gasteiger partial charge is 0.310 e. The van der Waals surface area contributed by atoms with Crippen LogP contribution in [0.5, 0.6) is 0 Å². The highest BCUT2D eigenvalue weighted by Gasteiger charge is 2.19. The van der Waals surface area contributed by atoms with Gasteiger partial charge in [0.15, 0.2) is 0 Å². The lowest BCUT2D eigenvalue weighted by Crippen LogP contribution is -2.40. The van der Waals surface area contributed by atoms with Crippen LogP contribution in [-0.4, -0.2) is 9.13 Å². The summed E-state index contributed by atoms with van der Waals surface area (Å²) in [5.41, 5.74) is 8.46. The Morgan fingerprint density at radius 3 is 1.20 bits per heavy atom. The zero-order chi connectivity index (χ0) is 33.2. The van der Waals surface area contributed by atoms with Crippen molar-refractivity contribution in [3.05, 3.63) is 209 Å². The summed E-state index contributed by atoms with van der Waals surface area (Å²) in [6.07, 6.45) is 0. The molecule has 7 aromatic carbocycles. The van der Waals surface area contributed by atoms with Crippen molar-refractivity contribution in [2.75, 3.05) is 4.90 Å². The first-order valence-electron chi connectivity index (χ1n) is 16.2. The van der Waals surface area contributed by atoms with E-state index in [-0.39, 0.29) is 0 Å². The molecule has 0 aliphatic carbocycles. The van der Waals surface area contributed by atoms with E-state index in [4.69, 9.17) is 0 Å². The monoisotopic (exact) mass is 633 g/mol. The maximum atomic E-state index is 14.0. The van der Waals surface area contributed by atoms with Gasteiger partial charge in [-0.15, -0.1) is 0 Å². The predicted molar refractivity (Wildman–Crippen MR) is 201 cm³/mol. The first-order chi connectivity index (χ1) is 24.2. The third kappa shape index (κ3) is 5.64. The van der Waals surface area contributed by atoms with Crippen LogP contribution in [0.25, 0.3) is 44.7 Å². The van der Waals surface area contributed by atoms with Gasteiger partial charge in [-0.3, -0.25) is 18.7 Å². The van der Waals surface area contributed by atoms with Crippen molar-refractivity contribution < 1.29 is 0 Å². The Kier molecular flexibility index (Phi) is 7.76. The summed E-state index contributed by atoms with van der Waals surface area (Å²) in [5, 5.41) is 0. The van der Waals surface area contributed by atoms with Crippen molar-refractivity contribution in [1.29, 1.82) is 0 Å². The quantitative estimate of drug-likeness (QED) is 0.164. The maximum absolute atomic E-state index is 14.0. The Morgan fingerprint density at radius 1 is 0.327 bits per heavy atom. The van der Waals surface area contributed by atoms with Crippen LogP contribution >= 0.6 is 0 Å². The van der Waals surface area contributed by atoms with Crippen molar-refractivity contribution >= 4 is 28.1 Å². The van der Waals surface area contributed by atoms with Crippen LogP contribution in [0.1, 0.15) is 0 Å². The molecule has 0 aliphatic rings. The van der Waals surface area contributed by atoms with Crippen LogP contribution in [0.2, 0.25) is 0 Å². The molecule has 49 heavy (non-hydrogen) atoms. The summed E-state index contributed by atoms with van der Waals surface area (Å²) in [6.45, 7) is 0. The van der Waals surface area contributed by atoms with Gasteiger partial charge in [0.05, 0.1) is 16.7 Å². The van der Waals surface area contributed by atoms with E-state index in [9.17, 15) is 9.59 Å². The van der Waals surface area contributed by atoms with Crippen LogP contribution < -0.4 is 16.0 Å². The lowest BCUT2D eigenvalue weighted by molar-refractivity contribution is 0.918. The van der Waals surface area contributed by atoms with Gasteiger partial charge in [0.1, 0.15) is 0 Å². The van der Waals surface area contributed by atoms with Crippen molar-refractivity contribution in [3.8, 4) is 33.6 Å². The standard InChI is InChI=1S/C44H31N3O2/c48-43-44(49)47(42-28-11-10-27-41(42)46(43)36-21-8-3-9-22-36)40-26-14-25-39(31-40)45(37-23-12-19-34(29-37)32-15-4-1-5-16-32)38-24-13-20-35(30-38)33-17-6-2-7-18-33/h1-31H. The summed E-state index contributed by atoms with van der Waals surface area (Å²) >= 11 is 0. The molecule has 0 amide bonds. The summed E-state index contributed by atoms with van der Waals surface area (Å²) < 4.78 is 3.02. The molecule has 0 N–H and O–H groups in total. The number of nitrogens with zero attached hydrogens (tertiary/aromatic N) is 3.